The maximum atomic E-state index is 12.7. The second-order valence-electron chi connectivity index (χ2n) is 12.2. The number of aromatic nitrogens is 2. The summed E-state index contributed by atoms with van der Waals surface area (Å²) in [6.07, 6.45) is 3.37. The predicted molar refractivity (Wildman–Crippen MR) is 190 cm³/mol. The molecule has 0 spiro atoms. The number of rotatable bonds is 11. The van der Waals surface area contributed by atoms with Crippen LogP contribution in [-0.4, -0.2) is 75.7 Å². The monoisotopic (exact) mass is 685 g/mol. The van der Waals surface area contributed by atoms with Crippen LogP contribution in [0.2, 0.25) is 10.0 Å². The van der Waals surface area contributed by atoms with Crippen LogP contribution < -0.4 is 15.5 Å². The van der Waals surface area contributed by atoms with Crippen LogP contribution in [0, 0.1) is 0 Å². The van der Waals surface area contributed by atoms with Gasteiger partial charge >= 0.3 is 0 Å². The Morgan fingerprint density at radius 1 is 0.792 bits per heavy atom. The van der Waals surface area contributed by atoms with Gasteiger partial charge in [-0.15, -0.1) is 0 Å². The number of hydrogen-bond acceptors (Lipinski definition) is 8. The first-order valence-electron chi connectivity index (χ1n) is 15.8. The van der Waals surface area contributed by atoms with Crippen LogP contribution >= 0.6 is 23.2 Å². The molecule has 2 heterocycles. The summed E-state index contributed by atoms with van der Waals surface area (Å²) in [7, 11) is 0. The van der Waals surface area contributed by atoms with Gasteiger partial charge in [0.2, 0.25) is 0 Å². The third kappa shape index (κ3) is 7.41. The highest BCUT2D eigenvalue weighted by atomic mass is 35.5. The Morgan fingerprint density at radius 2 is 1.35 bits per heavy atom. The van der Waals surface area contributed by atoms with E-state index >= 15 is 0 Å². The quantitative estimate of drug-likeness (QED) is 0.113. The SMILES string of the molecule is O=C(NC(CO)(CO)CO)c1ccc(N2CCC(Nc3ncnc4ccc(C(c5ccc(Cl)cc5)c5ccc(Cl)cc5)cc34)CC2)cc1. The third-order valence-corrected chi connectivity index (χ3v) is 9.52. The molecule has 1 aliphatic heterocycles. The van der Waals surface area contributed by atoms with Gasteiger partial charge in [0.05, 0.1) is 25.3 Å². The van der Waals surface area contributed by atoms with Gasteiger partial charge in [-0.05, 0) is 90.2 Å². The Kier molecular flexibility index (Phi) is 10.4. The Balaban J connectivity index is 1.16. The van der Waals surface area contributed by atoms with Crippen LogP contribution in [0.3, 0.4) is 0 Å². The molecule has 5 N–H and O–H groups in total. The van der Waals surface area contributed by atoms with Crippen molar-refractivity contribution in [3.63, 3.8) is 0 Å². The number of piperidine rings is 1. The minimum Gasteiger partial charge on any atom is -0.394 e. The standard InChI is InChI=1S/C37H37Cl2N5O4/c38-28-8-1-24(2-9-28)34(25-3-10-29(39)11-4-25)27-7-14-33-32(19-27)35(41-23-40-33)42-30-15-17-44(18-16-30)31-12-5-26(6-13-31)36(48)43-37(20-45,21-46)22-47/h1-14,19,23,30,34,45-47H,15-18,20-22H2,(H,43,48)(H,40,41,42). The fraction of sp³-hybridized carbons (Fsp3) is 0.270. The molecule has 0 aliphatic carbocycles. The summed E-state index contributed by atoms with van der Waals surface area (Å²) in [6.45, 7) is -0.102. The Hall–Kier alpha value is -4.25. The molecule has 9 nitrogen and oxygen atoms in total. The number of anilines is 2. The van der Waals surface area contributed by atoms with E-state index in [1.54, 1.807) is 18.5 Å². The van der Waals surface area contributed by atoms with Crippen LogP contribution in [-0.2, 0) is 0 Å². The van der Waals surface area contributed by atoms with Crippen molar-refractivity contribution in [2.45, 2.75) is 30.3 Å². The number of hydrogen-bond donors (Lipinski definition) is 5. The number of benzene rings is 4. The third-order valence-electron chi connectivity index (χ3n) is 9.02. The van der Waals surface area contributed by atoms with E-state index in [1.165, 1.54) is 0 Å². The van der Waals surface area contributed by atoms with Crippen LogP contribution in [0.25, 0.3) is 10.9 Å². The van der Waals surface area contributed by atoms with Gasteiger partial charge in [0.25, 0.3) is 5.91 Å². The minimum absolute atomic E-state index is 0.0423. The normalized spacial score (nSPS) is 14.0. The van der Waals surface area contributed by atoms with Crippen molar-refractivity contribution in [2.24, 2.45) is 0 Å². The van der Waals surface area contributed by atoms with E-state index in [0.717, 1.165) is 65.0 Å². The summed E-state index contributed by atoms with van der Waals surface area (Å²) in [4.78, 5) is 24.2. The molecule has 1 aliphatic rings. The molecule has 1 saturated heterocycles. The zero-order valence-electron chi connectivity index (χ0n) is 26.2. The summed E-state index contributed by atoms with van der Waals surface area (Å²) in [5.41, 5.74) is 4.08. The number of nitrogens with zero attached hydrogens (tertiary/aromatic N) is 3. The smallest absolute Gasteiger partial charge is 0.251 e. The van der Waals surface area contributed by atoms with Crippen molar-refractivity contribution >= 4 is 51.5 Å². The van der Waals surface area contributed by atoms with Crippen LogP contribution in [0.5, 0.6) is 0 Å². The van der Waals surface area contributed by atoms with E-state index < -0.39 is 31.3 Å². The second kappa shape index (κ2) is 14.9. The molecular formula is C37H37Cl2N5O4. The largest absolute Gasteiger partial charge is 0.394 e. The highest BCUT2D eigenvalue weighted by molar-refractivity contribution is 6.30. The Bertz CT molecular complexity index is 1790. The molecule has 248 valence electrons. The van der Waals surface area contributed by atoms with Gasteiger partial charge in [-0.3, -0.25) is 4.79 Å². The number of carbonyl (C=O) groups excluding carboxylic acids is 1. The molecule has 11 heteroatoms. The fourth-order valence-corrected chi connectivity index (χ4v) is 6.39. The number of aliphatic hydroxyl groups excluding tert-OH is 3. The van der Waals surface area contributed by atoms with E-state index in [2.05, 4.69) is 61.9 Å². The zero-order valence-corrected chi connectivity index (χ0v) is 27.7. The minimum atomic E-state index is -1.48. The molecule has 5 aromatic rings. The average molecular weight is 687 g/mol. The van der Waals surface area contributed by atoms with Gasteiger partial charge in [-0.2, -0.15) is 0 Å². The molecule has 0 saturated carbocycles. The molecule has 0 atom stereocenters. The number of amides is 1. The van der Waals surface area contributed by atoms with Crippen molar-refractivity contribution in [1.29, 1.82) is 0 Å². The first-order valence-corrected chi connectivity index (χ1v) is 16.6. The van der Waals surface area contributed by atoms with Crippen molar-refractivity contribution in [1.82, 2.24) is 15.3 Å². The molecule has 0 radical (unpaired) electrons. The Morgan fingerprint density at radius 3 is 1.92 bits per heavy atom. The molecule has 1 aromatic heterocycles. The van der Waals surface area contributed by atoms with E-state index in [0.29, 0.717) is 15.6 Å². The van der Waals surface area contributed by atoms with Gasteiger partial charge < -0.3 is 30.9 Å². The molecule has 1 amide bonds. The predicted octanol–water partition coefficient (Wildman–Crippen LogP) is 5.64. The van der Waals surface area contributed by atoms with Crippen molar-refractivity contribution < 1.29 is 20.1 Å². The van der Waals surface area contributed by atoms with Gasteiger partial charge in [-0.1, -0.05) is 53.5 Å². The highest BCUT2D eigenvalue weighted by Crippen LogP contribution is 2.36. The fourth-order valence-electron chi connectivity index (χ4n) is 6.14. The zero-order chi connectivity index (χ0) is 33.7. The Labute approximate surface area is 289 Å². The first kappa shape index (κ1) is 33.6. The van der Waals surface area contributed by atoms with Crippen LogP contribution in [0.4, 0.5) is 11.5 Å². The number of fused-ring (bicyclic) bond motifs is 1. The molecule has 4 aromatic carbocycles. The van der Waals surface area contributed by atoms with E-state index in [1.807, 2.05) is 42.5 Å². The van der Waals surface area contributed by atoms with Crippen LogP contribution in [0.1, 0.15) is 45.8 Å². The van der Waals surface area contributed by atoms with E-state index in [-0.39, 0.29) is 12.0 Å². The van der Waals surface area contributed by atoms with Gasteiger partial charge in [-0.25, -0.2) is 9.97 Å². The summed E-state index contributed by atoms with van der Waals surface area (Å²) in [6, 6.07) is 29.6. The number of carbonyl (C=O) groups is 1. The maximum Gasteiger partial charge on any atom is 0.251 e. The summed E-state index contributed by atoms with van der Waals surface area (Å²) < 4.78 is 0. The lowest BCUT2D eigenvalue weighted by Gasteiger charge is -2.34. The average Bonchev–Trinajstić information content (AvgIpc) is 3.13. The van der Waals surface area contributed by atoms with Crippen LogP contribution in [0.15, 0.2) is 97.3 Å². The lowest BCUT2D eigenvalue weighted by Crippen LogP contribution is -2.57. The number of halogens is 2. The molecule has 0 unspecified atom stereocenters. The van der Waals surface area contributed by atoms with Gasteiger partial charge in [0, 0.05) is 51.7 Å². The molecule has 6 rings (SSSR count). The lowest BCUT2D eigenvalue weighted by atomic mass is 9.84. The molecule has 48 heavy (non-hydrogen) atoms. The lowest BCUT2D eigenvalue weighted by molar-refractivity contribution is 0.0375. The summed E-state index contributed by atoms with van der Waals surface area (Å²) in [5.74, 6) is 0.278. The van der Waals surface area contributed by atoms with Crippen molar-refractivity contribution in [3.05, 3.63) is 130 Å². The number of nitrogens with one attached hydrogen (secondary N) is 2. The molecule has 0 bridgehead atoms. The molecule has 1 fully saturated rings. The summed E-state index contributed by atoms with van der Waals surface area (Å²) >= 11 is 12.5. The van der Waals surface area contributed by atoms with Gasteiger partial charge in [0.15, 0.2) is 0 Å². The van der Waals surface area contributed by atoms with E-state index in [4.69, 9.17) is 23.2 Å². The van der Waals surface area contributed by atoms with Crippen molar-refractivity contribution in [3.8, 4) is 0 Å². The first-order chi connectivity index (χ1) is 23.3. The number of aliphatic hydroxyl groups is 3. The van der Waals surface area contributed by atoms with Gasteiger partial charge in [0.1, 0.15) is 17.7 Å². The van der Waals surface area contributed by atoms with Crippen molar-refractivity contribution in [2.75, 3.05) is 43.1 Å². The summed E-state index contributed by atoms with van der Waals surface area (Å²) in [5, 5.41) is 37.1. The molecular weight excluding hydrogens is 649 g/mol. The van der Waals surface area contributed by atoms with E-state index in [9.17, 15) is 20.1 Å². The topological polar surface area (TPSA) is 131 Å². The highest BCUT2D eigenvalue weighted by Gasteiger charge is 2.30. The second-order valence-corrected chi connectivity index (χ2v) is 13.1. The maximum absolute atomic E-state index is 12.7.